The summed E-state index contributed by atoms with van der Waals surface area (Å²) in [7, 11) is 0. The van der Waals surface area contributed by atoms with Crippen LogP contribution in [0.4, 0.5) is 10.1 Å². The zero-order valence-corrected chi connectivity index (χ0v) is 13.7. The number of nitrogens with one attached hydrogen (secondary N) is 1. The molecule has 1 aliphatic heterocycles. The van der Waals surface area contributed by atoms with E-state index in [0.29, 0.717) is 0 Å². The standard InChI is InChI=1S/C18H27FN2/c1-5-8-20-15(4)16-11-17(19)14(3)10-18(16)21-9-6-7-13(2)12-21/h7,10-11,15,20H,5-6,8-9,12H2,1-4H3. The summed E-state index contributed by atoms with van der Waals surface area (Å²) >= 11 is 0. The van der Waals surface area contributed by atoms with Gasteiger partial charge in [-0.25, -0.2) is 4.39 Å². The molecular formula is C18H27FN2. The molecule has 116 valence electrons. The van der Waals surface area contributed by atoms with E-state index >= 15 is 0 Å². The molecule has 1 aromatic carbocycles. The molecule has 0 amide bonds. The average Bonchev–Trinajstić information content (AvgIpc) is 2.47. The number of aryl methyl sites for hydroxylation is 1. The van der Waals surface area contributed by atoms with Crippen molar-refractivity contribution in [2.24, 2.45) is 0 Å². The van der Waals surface area contributed by atoms with Crippen LogP contribution in [0, 0.1) is 12.7 Å². The first-order valence-electron chi connectivity index (χ1n) is 7.97. The number of hydrogen-bond acceptors (Lipinski definition) is 2. The van der Waals surface area contributed by atoms with E-state index in [-0.39, 0.29) is 11.9 Å². The number of halogens is 1. The lowest BCUT2D eigenvalue weighted by molar-refractivity contribution is 0.558. The Morgan fingerprint density at radius 1 is 1.33 bits per heavy atom. The predicted octanol–water partition coefficient (Wildman–Crippen LogP) is 4.35. The van der Waals surface area contributed by atoms with Crippen LogP contribution in [-0.4, -0.2) is 19.6 Å². The molecule has 1 N–H and O–H groups in total. The molecule has 0 radical (unpaired) electrons. The van der Waals surface area contributed by atoms with Gasteiger partial charge < -0.3 is 10.2 Å². The quantitative estimate of drug-likeness (QED) is 0.811. The van der Waals surface area contributed by atoms with Crippen molar-refractivity contribution in [3.8, 4) is 0 Å². The summed E-state index contributed by atoms with van der Waals surface area (Å²) in [5.41, 5.74) is 4.37. The van der Waals surface area contributed by atoms with Gasteiger partial charge in [0.05, 0.1) is 0 Å². The second-order valence-corrected chi connectivity index (χ2v) is 6.10. The maximum Gasteiger partial charge on any atom is 0.126 e. The van der Waals surface area contributed by atoms with Gasteiger partial charge in [0, 0.05) is 24.8 Å². The van der Waals surface area contributed by atoms with Gasteiger partial charge >= 0.3 is 0 Å². The van der Waals surface area contributed by atoms with Crippen molar-refractivity contribution in [1.29, 1.82) is 0 Å². The van der Waals surface area contributed by atoms with Gasteiger partial charge in [-0.15, -0.1) is 0 Å². The summed E-state index contributed by atoms with van der Waals surface area (Å²) in [6.45, 7) is 11.2. The third-order valence-electron chi connectivity index (χ3n) is 4.15. The highest BCUT2D eigenvalue weighted by atomic mass is 19.1. The number of benzene rings is 1. The molecule has 1 aliphatic rings. The van der Waals surface area contributed by atoms with E-state index in [1.165, 1.54) is 11.3 Å². The summed E-state index contributed by atoms with van der Waals surface area (Å²) in [6.07, 6.45) is 4.45. The molecular weight excluding hydrogens is 263 g/mol. The van der Waals surface area contributed by atoms with Crippen LogP contribution >= 0.6 is 0 Å². The molecule has 1 atom stereocenters. The van der Waals surface area contributed by atoms with Crippen LogP contribution in [0.3, 0.4) is 0 Å². The highest BCUT2D eigenvalue weighted by Gasteiger charge is 2.19. The summed E-state index contributed by atoms with van der Waals surface area (Å²) in [5.74, 6) is -0.108. The number of anilines is 1. The van der Waals surface area contributed by atoms with Crippen molar-refractivity contribution in [2.75, 3.05) is 24.5 Å². The molecule has 0 aliphatic carbocycles. The van der Waals surface area contributed by atoms with Crippen LogP contribution < -0.4 is 10.2 Å². The first-order valence-corrected chi connectivity index (χ1v) is 7.97. The first kappa shape index (κ1) is 16.0. The lowest BCUT2D eigenvalue weighted by Crippen LogP contribution is -2.31. The Morgan fingerprint density at radius 3 is 2.76 bits per heavy atom. The normalized spacial score (nSPS) is 16.8. The summed E-state index contributed by atoms with van der Waals surface area (Å²) < 4.78 is 14.0. The Bertz CT molecular complexity index is 522. The summed E-state index contributed by atoms with van der Waals surface area (Å²) in [6, 6.07) is 3.89. The Hall–Kier alpha value is -1.35. The van der Waals surface area contributed by atoms with Crippen molar-refractivity contribution < 1.29 is 4.39 Å². The largest absolute Gasteiger partial charge is 0.367 e. The first-order chi connectivity index (χ1) is 10.0. The molecule has 3 heteroatoms. The molecule has 0 bridgehead atoms. The van der Waals surface area contributed by atoms with Crippen molar-refractivity contribution in [2.45, 2.75) is 46.6 Å². The molecule has 0 aromatic heterocycles. The maximum absolute atomic E-state index is 14.0. The fourth-order valence-electron chi connectivity index (χ4n) is 2.89. The van der Waals surface area contributed by atoms with Crippen molar-refractivity contribution in [3.63, 3.8) is 0 Å². The number of hydrogen-bond donors (Lipinski definition) is 1. The molecule has 0 fully saturated rings. The minimum absolute atomic E-state index is 0.108. The second kappa shape index (κ2) is 7.08. The van der Waals surface area contributed by atoms with Crippen LogP contribution in [0.2, 0.25) is 0 Å². The summed E-state index contributed by atoms with van der Waals surface area (Å²) in [4.78, 5) is 2.38. The van der Waals surface area contributed by atoms with Gasteiger partial charge in [0.2, 0.25) is 0 Å². The Balaban J connectivity index is 2.34. The Labute approximate surface area is 128 Å². The monoisotopic (exact) mass is 290 g/mol. The van der Waals surface area contributed by atoms with E-state index in [2.05, 4.69) is 37.1 Å². The molecule has 21 heavy (non-hydrogen) atoms. The minimum atomic E-state index is -0.108. The van der Waals surface area contributed by atoms with E-state index in [1.807, 2.05) is 13.0 Å². The second-order valence-electron chi connectivity index (χ2n) is 6.10. The van der Waals surface area contributed by atoms with Crippen LogP contribution in [0.25, 0.3) is 0 Å². The predicted molar refractivity (Wildman–Crippen MR) is 88.4 cm³/mol. The molecule has 1 unspecified atom stereocenters. The van der Waals surface area contributed by atoms with Gasteiger partial charge in [-0.1, -0.05) is 18.6 Å². The third kappa shape index (κ3) is 3.85. The smallest absolute Gasteiger partial charge is 0.126 e. The fraction of sp³-hybridized carbons (Fsp3) is 0.556. The maximum atomic E-state index is 14.0. The van der Waals surface area contributed by atoms with E-state index in [9.17, 15) is 4.39 Å². The van der Waals surface area contributed by atoms with Gasteiger partial charge in [0.15, 0.2) is 0 Å². The number of rotatable bonds is 5. The van der Waals surface area contributed by atoms with Crippen LogP contribution in [0.1, 0.15) is 50.8 Å². The highest BCUT2D eigenvalue weighted by molar-refractivity contribution is 5.58. The molecule has 2 nitrogen and oxygen atoms in total. The molecule has 0 saturated heterocycles. The van der Waals surface area contributed by atoms with Crippen molar-refractivity contribution in [1.82, 2.24) is 5.32 Å². The zero-order valence-electron chi connectivity index (χ0n) is 13.7. The SMILES string of the molecule is CCCNC(C)c1cc(F)c(C)cc1N1CCC=C(C)C1. The molecule has 1 aromatic rings. The molecule has 1 heterocycles. The highest BCUT2D eigenvalue weighted by Crippen LogP contribution is 2.31. The van der Waals surface area contributed by atoms with Gasteiger partial charge in [-0.05, 0) is 63.4 Å². The van der Waals surface area contributed by atoms with Gasteiger partial charge in [0.25, 0.3) is 0 Å². The molecule has 0 spiro atoms. The Morgan fingerprint density at radius 2 is 2.10 bits per heavy atom. The number of nitrogens with zero attached hydrogens (tertiary/aromatic N) is 1. The fourth-order valence-corrected chi connectivity index (χ4v) is 2.89. The van der Waals surface area contributed by atoms with E-state index < -0.39 is 0 Å². The lowest BCUT2D eigenvalue weighted by Gasteiger charge is -2.32. The average molecular weight is 290 g/mol. The van der Waals surface area contributed by atoms with Crippen LogP contribution in [0.5, 0.6) is 0 Å². The van der Waals surface area contributed by atoms with Gasteiger partial charge in [-0.2, -0.15) is 0 Å². The topological polar surface area (TPSA) is 15.3 Å². The lowest BCUT2D eigenvalue weighted by atomic mass is 10.00. The summed E-state index contributed by atoms with van der Waals surface area (Å²) in [5, 5.41) is 3.48. The van der Waals surface area contributed by atoms with E-state index in [4.69, 9.17) is 0 Å². The van der Waals surface area contributed by atoms with Crippen LogP contribution in [0.15, 0.2) is 23.8 Å². The van der Waals surface area contributed by atoms with Crippen molar-refractivity contribution >= 4 is 5.69 Å². The molecule has 0 saturated carbocycles. The van der Waals surface area contributed by atoms with E-state index in [1.54, 1.807) is 6.07 Å². The minimum Gasteiger partial charge on any atom is -0.367 e. The van der Waals surface area contributed by atoms with Crippen molar-refractivity contribution in [3.05, 3.63) is 40.7 Å². The molecule has 2 rings (SSSR count). The zero-order chi connectivity index (χ0) is 15.4. The Kier molecular flexibility index (Phi) is 5.40. The van der Waals surface area contributed by atoms with Gasteiger partial charge in [0.1, 0.15) is 5.82 Å². The van der Waals surface area contributed by atoms with Crippen LogP contribution in [-0.2, 0) is 0 Å². The third-order valence-corrected chi connectivity index (χ3v) is 4.15. The van der Waals surface area contributed by atoms with E-state index in [0.717, 1.165) is 43.6 Å². The van der Waals surface area contributed by atoms with Gasteiger partial charge in [-0.3, -0.25) is 0 Å².